The van der Waals surface area contributed by atoms with Crippen LogP contribution in [0, 0.1) is 12.8 Å². The van der Waals surface area contributed by atoms with Gasteiger partial charge in [0.2, 0.25) is 11.8 Å². The van der Waals surface area contributed by atoms with Gasteiger partial charge in [-0.2, -0.15) is 0 Å². The molecule has 1 heterocycles. The number of carbonyl (C=O) groups is 2. The molecule has 2 amide bonds. The van der Waals surface area contributed by atoms with Gasteiger partial charge in [-0.05, 0) is 44.4 Å². The number of rotatable bonds is 5. The molecule has 1 fully saturated rings. The van der Waals surface area contributed by atoms with E-state index in [2.05, 4.69) is 5.32 Å². The van der Waals surface area contributed by atoms with Gasteiger partial charge in [0, 0.05) is 12.6 Å². The highest BCUT2D eigenvalue weighted by Crippen LogP contribution is 2.27. The van der Waals surface area contributed by atoms with Crippen molar-refractivity contribution in [3.8, 4) is 5.75 Å². The lowest BCUT2D eigenvalue weighted by molar-refractivity contribution is -0.140. The third-order valence-corrected chi connectivity index (χ3v) is 4.63. The molecular weight excluding hydrogens is 342 g/mol. The van der Waals surface area contributed by atoms with E-state index in [9.17, 15) is 9.59 Å². The Bertz CT molecular complexity index is 622. The van der Waals surface area contributed by atoms with Gasteiger partial charge in [0.25, 0.3) is 0 Å². The fourth-order valence-electron chi connectivity index (χ4n) is 2.93. The van der Waals surface area contributed by atoms with Gasteiger partial charge in [0.1, 0.15) is 11.8 Å². The normalized spacial score (nSPS) is 18.9. The molecule has 1 saturated heterocycles. The Kier molecular flexibility index (Phi) is 7.70. The number of benzene rings is 1. The number of likely N-dealkylation sites (tertiary alicyclic amines) is 1. The van der Waals surface area contributed by atoms with Crippen LogP contribution in [0.2, 0.25) is 0 Å². The zero-order valence-corrected chi connectivity index (χ0v) is 16.1. The molecule has 0 spiro atoms. The number of carbonyl (C=O) groups excluding carboxylic acids is 2. The largest absolute Gasteiger partial charge is 0.495 e. The Hall–Kier alpha value is -1.79. The molecule has 7 heteroatoms. The predicted molar refractivity (Wildman–Crippen MR) is 101 cm³/mol. The van der Waals surface area contributed by atoms with Crippen LogP contribution in [0.15, 0.2) is 18.2 Å². The maximum atomic E-state index is 12.7. The van der Waals surface area contributed by atoms with Crippen molar-refractivity contribution < 1.29 is 14.3 Å². The summed E-state index contributed by atoms with van der Waals surface area (Å²) in [5.41, 5.74) is 7.49. The molecule has 3 unspecified atom stereocenters. The molecule has 1 aromatic carbocycles. The Morgan fingerprint density at radius 3 is 2.64 bits per heavy atom. The van der Waals surface area contributed by atoms with Crippen LogP contribution >= 0.6 is 12.4 Å². The van der Waals surface area contributed by atoms with Crippen LogP contribution in [0.1, 0.15) is 32.3 Å². The van der Waals surface area contributed by atoms with Gasteiger partial charge in [-0.3, -0.25) is 9.59 Å². The van der Waals surface area contributed by atoms with Crippen LogP contribution < -0.4 is 15.8 Å². The van der Waals surface area contributed by atoms with Crippen LogP contribution in [0.25, 0.3) is 0 Å². The Morgan fingerprint density at radius 2 is 2.04 bits per heavy atom. The van der Waals surface area contributed by atoms with Crippen LogP contribution in [0.3, 0.4) is 0 Å². The number of halogens is 1. The maximum Gasteiger partial charge on any atom is 0.247 e. The van der Waals surface area contributed by atoms with E-state index in [0.29, 0.717) is 24.4 Å². The second kappa shape index (κ2) is 9.06. The fourth-order valence-corrected chi connectivity index (χ4v) is 2.93. The van der Waals surface area contributed by atoms with Crippen molar-refractivity contribution in [2.45, 2.75) is 45.7 Å². The highest BCUT2D eigenvalue weighted by Gasteiger charge is 2.36. The van der Waals surface area contributed by atoms with E-state index in [1.54, 1.807) is 12.0 Å². The molecule has 25 heavy (non-hydrogen) atoms. The van der Waals surface area contributed by atoms with E-state index in [-0.39, 0.29) is 36.2 Å². The minimum Gasteiger partial charge on any atom is -0.495 e. The molecular formula is C18H28ClN3O3. The Labute approximate surface area is 155 Å². The molecule has 1 aromatic rings. The van der Waals surface area contributed by atoms with Crippen molar-refractivity contribution in [1.82, 2.24) is 4.90 Å². The van der Waals surface area contributed by atoms with Gasteiger partial charge in [-0.15, -0.1) is 12.4 Å². The van der Waals surface area contributed by atoms with E-state index in [4.69, 9.17) is 10.5 Å². The molecule has 140 valence electrons. The van der Waals surface area contributed by atoms with E-state index >= 15 is 0 Å². The van der Waals surface area contributed by atoms with Crippen molar-refractivity contribution >= 4 is 29.9 Å². The lowest BCUT2D eigenvalue weighted by Crippen LogP contribution is -2.48. The number of amides is 2. The first-order chi connectivity index (χ1) is 11.3. The summed E-state index contributed by atoms with van der Waals surface area (Å²) in [4.78, 5) is 26.9. The number of nitrogens with zero attached hydrogens (tertiary/aromatic N) is 1. The quantitative estimate of drug-likeness (QED) is 0.834. The van der Waals surface area contributed by atoms with Crippen molar-refractivity contribution in [1.29, 1.82) is 0 Å². The summed E-state index contributed by atoms with van der Waals surface area (Å²) < 4.78 is 5.30. The van der Waals surface area contributed by atoms with E-state index in [1.165, 1.54) is 0 Å². The van der Waals surface area contributed by atoms with Crippen molar-refractivity contribution in [2.24, 2.45) is 11.7 Å². The van der Waals surface area contributed by atoms with Gasteiger partial charge in [0.15, 0.2) is 0 Å². The van der Waals surface area contributed by atoms with Gasteiger partial charge in [0.05, 0.1) is 18.7 Å². The number of anilines is 1. The highest BCUT2D eigenvalue weighted by atomic mass is 35.5. The number of nitrogens with two attached hydrogens (primary N) is 1. The topological polar surface area (TPSA) is 84.7 Å². The lowest BCUT2D eigenvalue weighted by atomic mass is 10.0. The van der Waals surface area contributed by atoms with Gasteiger partial charge in [-0.25, -0.2) is 0 Å². The highest BCUT2D eigenvalue weighted by molar-refractivity contribution is 5.98. The summed E-state index contributed by atoms with van der Waals surface area (Å²) in [5.74, 6) is 0.0705. The standard InChI is InChI=1S/C18H27N3O3.ClH/c1-11-7-8-16(24-4)14(10-11)20-17(22)15-6-5-9-21(15)18(23)12(2)13(3)19;/h7-8,10,12-13,15H,5-6,9,19H2,1-4H3,(H,20,22);1H. The number of aryl methyl sites for hydroxylation is 1. The number of nitrogens with one attached hydrogen (secondary N) is 1. The molecule has 1 aliphatic heterocycles. The van der Waals surface area contributed by atoms with E-state index in [1.807, 2.05) is 39.0 Å². The first-order valence-electron chi connectivity index (χ1n) is 8.36. The monoisotopic (exact) mass is 369 g/mol. The average Bonchev–Trinajstić information content (AvgIpc) is 3.03. The molecule has 3 N–H and O–H groups in total. The summed E-state index contributed by atoms with van der Waals surface area (Å²) >= 11 is 0. The maximum absolute atomic E-state index is 12.7. The molecule has 1 aliphatic rings. The molecule has 6 nitrogen and oxygen atoms in total. The predicted octanol–water partition coefficient (Wildman–Crippen LogP) is 2.34. The summed E-state index contributed by atoms with van der Waals surface area (Å²) in [5, 5.41) is 2.91. The number of ether oxygens (including phenoxy) is 1. The van der Waals surface area contributed by atoms with Crippen LogP contribution in [0.5, 0.6) is 5.75 Å². The summed E-state index contributed by atoms with van der Waals surface area (Å²) in [7, 11) is 1.57. The number of hydrogen-bond donors (Lipinski definition) is 2. The third kappa shape index (κ3) is 4.86. The third-order valence-electron chi connectivity index (χ3n) is 4.63. The minimum absolute atomic E-state index is 0. The van der Waals surface area contributed by atoms with Crippen LogP contribution in [0.4, 0.5) is 5.69 Å². The van der Waals surface area contributed by atoms with Crippen molar-refractivity contribution in [2.75, 3.05) is 19.0 Å². The average molecular weight is 370 g/mol. The first-order valence-corrected chi connectivity index (χ1v) is 8.36. The smallest absolute Gasteiger partial charge is 0.247 e. The molecule has 0 aliphatic carbocycles. The van der Waals surface area contributed by atoms with Crippen LogP contribution in [-0.4, -0.2) is 42.5 Å². The Balaban J connectivity index is 0.00000312. The summed E-state index contributed by atoms with van der Waals surface area (Å²) in [6, 6.07) is 4.91. The second-order valence-corrected chi connectivity index (χ2v) is 6.53. The van der Waals surface area contributed by atoms with Crippen molar-refractivity contribution in [3.05, 3.63) is 23.8 Å². The van der Waals surface area contributed by atoms with Crippen molar-refractivity contribution in [3.63, 3.8) is 0 Å². The molecule has 3 atom stereocenters. The Morgan fingerprint density at radius 1 is 1.36 bits per heavy atom. The zero-order chi connectivity index (χ0) is 17.9. The minimum atomic E-state index is -0.455. The fraction of sp³-hybridized carbons (Fsp3) is 0.556. The molecule has 0 bridgehead atoms. The number of methoxy groups -OCH3 is 1. The first kappa shape index (κ1) is 21.3. The summed E-state index contributed by atoms with van der Waals surface area (Å²) in [6.45, 7) is 6.17. The molecule has 0 radical (unpaired) electrons. The second-order valence-electron chi connectivity index (χ2n) is 6.53. The summed E-state index contributed by atoms with van der Waals surface area (Å²) in [6.07, 6.45) is 1.48. The molecule has 0 aromatic heterocycles. The van der Waals surface area contributed by atoms with E-state index < -0.39 is 6.04 Å². The zero-order valence-electron chi connectivity index (χ0n) is 15.2. The van der Waals surface area contributed by atoms with Gasteiger partial charge >= 0.3 is 0 Å². The van der Waals surface area contributed by atoms with Crippen LogP contribution in [-0.2, 0) is 9.59 Å². The van der Waals surface area contributed by atoms with Gasteiger partial charge < -0.3 is 20.7 Å². The van der Waals surface area contributed by atoms with Gasteiger partial charge in [-0.1, -0.05) is 13.0 Å². The van der Waals surface area contributed by atoms with E-state index in [0.717, 1.165) is 12.0 Å². The SMILES string of the molecule is COc1ccc(C)cc1NC(=O)C1CCCN1C(=O)C(C)C(C)N.Cl. The number of hydrogen-bond acceptors (Lipinski definition) is 4. The molecule has 2 rings (SSSR count). The lowest BCUT2D eigenvalue weighted by Gasteiger charge is -2.28. The molecule has 0 saturated carbocycles.